The molecule has 0 aliphatic heterocycles. The van der Waals surface area contributed by atoms with Crippen molar-refractivity contribution < 1.29 is 9.53 Å². The normalized spacial score (nSPS) is 10.8. The van der Waals surface area contributed by atoms with Crippen LogP contribution in [-0.4, -0.2) is 27.0 Å². The molecule has 4 aromatic rings. The van der Waals surface area contributed by atoms with Crippen LogP contribution in [-0.2, 0) is 4.79 Å². The van der Waals surface area contributed by atoms with Crippen molar-refractivity contribution in [2.75, 3.05) is 11.9 Å². The zero-order valence-corrected chi connectivity index (χ0v) is 17.8. The molecule has 4 rings (SSSR count). The Morgan fingerprint density at radius 2 is 1.97 bits per heavy atom. The summed E-state index contributed by atoms with van der Waals surface area (Å²) in [4.78, 5) is 33.8. The predicted molar refractivity (Wildman–Crippen MR) is 120 cm³/mol. The number of nitrogens with one attached hydrogen (secondary N) is 1. The van der Waals surface area contributed by atoms with Crippen molar-refractivity contribution in [3.63, 3.8) is 0 Å². The second-order valence-electron chi connectivity index (χ2n) is 6.64. The third kappa shape index (κ3) is 4.52. The minimum atomic E-state index is -0.381. The predicted octanol–water partition coefficient (Wildman–Crippen LogP) is 4.41. The van der Waals surface area contributed by atoms with Gasteiger partial charge in [-0.25, -0.2) is 9.97 Å². The fourth-order valence-corrected chi connectivity index (χ4v) is 3.55. The van der Waals surface area contributed by atoms with Gasteiger partial charge in [-0.1, -0.05) is 29.3 Å². The monoisotopic (exact) mass is 454 g/mol. The van der Waals surface area contributed by atoms with E-state index in [9.17, 15) is 9.59 Å². The highest BCUT2D eigenvalue weighted by Gasteiger charge is 2.12. The lowest BCUT2D eigenvalue weighted by Crippen LogP contribution is -2.23. The second kappa shape index (κ2) is 8.75. The molecule has 31 heavy (non-hydrogen) atoms. The maximum Gasteiger partial charge on any atom is 0.267 e. The summed E-state index contributed by atoms with van der Waals surface area (Å²) in [6, 6.07) is 15.0. The fraction of sp³-hybridized carbons (Fsp3) is 0.0909. The highest BCUT2D eigenvalue weighted by atomic mass is 35.5. The number of anilines is 1. The number of fused-ring (bicyclic) bond motifs is 1. The van der Waals surface area contributed by atoms with Crippen LogP contribution in [0.5, 0.6) is 5.75 Å². The molecule has 0 atom stereocenters. The van der Waals surface area contributed by atoms with E-state index in [0.29, 0.717) is 44.0 Å². The van der Waals surface area contributed by atoms with Gasteiger partial charge in [-0.15, -0.1) is 0 Å². The molecule has 0 fully saturated rings. The molecule has 0 saturated heterocycles. The van der Waals surface area contributed by atoms with E-state index >= 15 is 0 Å². The number of halogens is 2. The first kappa shape index (κ1) is 20.8. The average Bonchev–Trinajstić information content (AvgIpc) is 2.73. The van der Waals surface area contributed by atoms with Gasteiger partial charge in [0.2, 0.25) is 0 Å². The minimum absolute atomic E-state index is 0.236. The van der Waals surface area contributed by atoms with Gasteiger partial charge in [-0.05, 0) is 55.5 Å². The molecular formula is C22H16Cl2N4O3. The van der Waals surface area contributed by atoms with E-state index in [-0.39, 0.29) is 18.1 Å². The lowest BCUT2D eigenvalue weighted by molar-refractivity contribution is -0.118. The summed E-state index contributed by atoms with van der Waals surface area (Å²) in [5, 5.41) is 3.95. The van der Waals surface area contributed by atoms with Gasteiger partial charge in [0, 0.05) is 16.9 Å². The standard InChI is InChI=1S/C22H16Cl2N4O3/c1-13-26-21-17(6-3-9-25-21)22(30)28(13)16-5-2-4-15(11-16)27-20(29)12-31-19-8-7-14(23)10-18(19)24/h2-11H,12H2,1H3,(H,27,29). The Bertz CT molecular complexity index is 1350. The number of hydrogen-bond acceptors (Lipinski definition) is 5. The van der Waals surface area contributed by atoms with Crippen LogP contribution >= 0.6 is 23.2 Å². The number of nitrogens with zero attached hydrogens (tertiary/aromatic N) is 3. The summed E-state index contributed by atoms with van der Waals surface area (Å²) in [7, 11) is 0. The van der Waals surface area contributed by atoms with E-state index in [1.807, 2.05) is 0 Å². The molecule has 0 bridgehead atoms. The van der Waals surface area contributed by atoms with Crippen molar-refractivity contribution in [3.8, 4) is 11.4 Å². The first-order valence-electron chi connectivity index (χ1n) is 9.25. The minimum Gasteiger partial charge on any atom is -0.482 e. The first-order valence-corrected chi connectivity index (χ1v) is 10.0. The largest absolute Gasteiger partial charge is 0.482 e. The van der Waals surface area contributed by atoms with Crippen LogP contribution in [0.15, 0.2) is 65.6 Å². The van der Waals surface area contributed by atoms with Gasteiger partial charge in [-0.2, -0.15) is 0 Å². The zero-order valence-electron chi connectivity index (χ0n) is 16.3. The van der Waals surface area contributed by atoms with Crippen LogP contribution in [0.25, 0.3) is 16.7 Å². The topological polar surface area (TPSA) is 86.1 Å². The number of rotatable bonds is 5. The van der Waals surface area contributed by atoms with Crippen LogP contribution in [0, 0.1) is 6.92 Å². The Morgan fingerprint density at radius 1 is 1.13 bits per heavy atom. The fourth-order valence-electron chi connectivity index (χ4n) is 3.08. The molecule has 1 N–H and O–H groups in total. The molecule has 1 amide bonds. The zero-order chi connectivity index (χ0) is 22.0. The summed E-state index contributed by atoms with van der Waals surface area (Å²) in [5.41, 5.74) is 1.23. The van der Waals surface area contributed by atoms with E-state index in [1.165, 1.54) is 10.6 Å². The van der Waals surface area contributed by atoms with Crippen LogP contribution in [0.2, 0.25) is 10.0 Å². The van der Waals surface area contributed by atoms with Crippen LogP contribution < -0.4 is 15.6 Å². The third-order valence-corrected chi connectivity index (χ3v) is 4.98. The lowest BCUT2D eigenvalue weighted by Gasteiger charge is -2.13. The Kier molecular flexibility index (Phi) is 5.88. The van der Waals surface area contributed by atoms with Gasteiger partial charge < -0.3 is 10.1 Å². The quantitative estimate of drug-likeness (QED) is 0.482. The van der Waals surface area contributed by atoms with E-state index in [0.717, 1.165) is 0 Å². The van der Waals surface area contributed by atoms with E-state index < -0.39 is 0 Å². The average molecular weight is 455 g/mol. The van der Waals surface area contributed by atoms with Crippen molar-refractivity contribution in [2.24, 2.45) is 0 Å². The first-order chi connectivity index (χ1) is 14.9. The number of pyridine rings is 1. The van der Waals surface area contributed by atoms with Crippen molar-refractivity contribution in [3.05, 3.63) is 87.0 Å². The van der Waals surface area contributed by atoms with Gasteiger partial charge >= 0.3 is 0 Å². The summed E-state index contributed by atoms with van der Waals surface area (Å²) in [6.07, 6.45) is 1.59. The maximum atomic E-state index is 13.0. The number of ether oxygens (including phenoxy) is 1. The number of hydrogen-bond donors (Lipinski definition) is 1. The van der Waals surface area contributed by atoms with E-state index in [4.69, 9.17) is 27.9 Å². The molecule has 0 saturated carbocycles. The summed E-state index contributed by atoms with van der Waals surface area (Å²) in [6.45, 7) is 1.48. The molecule has 7 nitrogen and oxygen atoms in total. The molecule has 0 spiro atoms. The molecule has 2 aromatic heterocycles. The van der Waals surface area contributed by atoms with Gasteiger partial charge in [0.25, 0.3) is 11.5 Å². The molecule has 156 valence electrons. The Morgan fingerprint density at radius 3 is 2.77 bits per heavy atom. The van der Waals surface area contributed by atoms with Gasteiger partial charge in [0.15, 0.2) is 12.3 Å². The van der Waals surface area contributed by atoms with Gasteiger partial charge in [0.1, 0.15) is 11.6 Å². The summed E-state index contributed by atoms with van der Waals surface area (Å²) in [5.74, 6) is 0.460. The highest BCUT2D eigenvalue weighted by Crippen LogP contribution is 2.27. The molecule has 2 heterocycles. The van der Waals surface area contributed by atoms with E-state index in [2.05, 4.69) is 15.3 Å². The second-order valence-corrected chi connectivity index (χ2v) is 7.48. The number of carbonyl (C=O) groups excluding carboxylic acids is 1. The third-order valence-electron chi connectivity index (χ3n) is 4.45. The van der Waals surface area contributed by atoms with Crippen LogP contribution in [0.3, 0.4) is 0 Å². The molecule has 0 aliphatic carbocycles. The number of benzene rings is 2. The Labute approximate surface area is 187 Å². The van der Waals surface area contributed by atoms with E-state index in [1.54, 1.807) is 61.7 Å². The van der Waals surface area contributed by atoms with Crippen molar-refractivity contribution in [1.29, 1.82) is 0 Å². The maximum absolute atomic E-state index is 13.0. The van der Waals surface area contributed by atoms with Crippen molar-refractivity contribution in [2.45, 2.75) is 6.92 Å². The number of carbonyl (C=O) groups is 1. The SMILES string of the molecule is Cc1nc2ncccc2c(=O)n1-c1cccc(NC(=O)COc2ccc(Cl)cc2Cl)c1. The molecule has 0 unspecified atom stereocenters. The molecule has 9 heteroatoms. The Balaban J connectivity index is 1.54. The van der Waals surface area contributed by atoms with Gasteiger partial charge in [-0.3, -0.25) is 14.2 Å². The molecular weight excluding hydrogens is 439 g/mol. The van der Waals surface area contributed by atoms with Crippen LogP contribution in [0.1, 0.15) is 5.82 Å². The number of aryl methyl sites for hydroxylation is 1. The summed E-state index contributed by atoms with van der Waals surface area (Å²) >= 11 is 11.9. The lowest BCUT2D eigenvalue weighted by atomic mass is 10.2. The highest BCUT2D eigenvalue weighted by molar-refractivity contribution is 6.35. The molecule has 0 radical (unpaired) electrons. The number of amides is 1. The Hall–Kier alpha value is -3.42. The van der Waals surface area contributed by atoms with Gasteiger partial charge in [0.05, 0.1) is 16.1 Å². The van der Waals surface area contributed by atoms with Crippen molar-refractivity contribution >= 4 is 45.8 Å². The molecule has 0 aliphatic rings. The summed E-state index contributed by atoms with van der Waals surface area (Å²) < 4.78 is 6.93. The van der Waals surface area contributed by atoms with Crippen LogP contribution in [0.4, 0.5) is 5.69 Å². The smallest absolute Gasteiger partial charge is 0.267 e. The molecule has 2 aromatic carbocycles. The van der Waals surface area contributed by atoms with Crippen molar-refractivity contribution in [1.82, 2.24) is 14.5 Å². The number of aromatic nitrogens is 3.